The Morgan fingerprint density at radius 2 is 2.12 bits per heavy atom. The standard InChI is InChI=1S/C18H31N5O2/c1-3-22-8-5-15(6-9-22)19-7-4-17-14-23(10-11-25-17)16-12-18(24)21(2)20-13-16/h12-13,15,17,19H,3-11,14H2,1-2H3. The minimum Gasteiger partial charge on any atom is -0.374 e. The van der Waals surface area contributed by atoms with E-state index in [-0.39, 0.29) is 11.7 Å². The summed E-state index contributed by atoms with van der Waals surface area (Å²) in [4.78, 5) is 16.5. The van der Waals surface area contributed by atoms with Gasteiger partial charge >= 0.3 is 0 Å². The summed E-state index contributed by atoms with van der Waals surface area (Å²) in [6.07, 6.45) is 5.46. The first-order valence-corrected chi connectivity index (χ1v) is 9.51. The Labute approximate surface area is 149 Å². The van der Waals surface area contributed by atoms with Gasteiger partial charge in [-0.3, -0.25) is 4.79 Å². The van der Waals surface area contributed by atoms with Crippen molar-refractivity contribution in [3.63, 3.8) is 0 Å². The van der Waals surface area contributed by atoms with Crippen LogP contribution in [0, 0.1) is 0 Å². The van der Waals surface area contributed by atoms with E-state index >= 15 is 0 Å². The fourth-order valence-electron chi connectivity index (χ4n) is 3.66. The third-order valence-electron chi connectivity index (χ3n) is 5.39. The van der Waals surface area contributed by atoms with E-state index in [0.29, 0.717) is 12.6 Å². The number of aromatic nitrogens is 2. The summed E-state index contributed by atoms with van der Waals surface area (Å²) in [7, 11) is 1.67. The average Bonchev–Trinajstić information content (AvgIpc) is 2.65. The number of aryl methyl sites for hydroxylation is 1. The molecule has 3 heterocycles. The highest BCUT2D eigenvalue weighted by atomic mass is 16.5. The maximum absolute atomic E-state index is 11.8. The van der Waals surface area contributed by atoms with Crippen molar-refractivity contribution >= 4 is 5.69 Å². The van der Waals surface area contributed by atoms with E-state index in [1.54, 1.807) is 19.3 Å². The number of morpholine rings is 1. The summed E-state index contributed by atoms with van der Waals surface area (Å²) in [5.41, 5.74) is 0.830. The van der Waals surface area contributed by atoms with E-state index in [0.717, 1.165) is 38.3 Å². The molecule has 0 bridgehead atoms. The monoisotopic (exact) mass is 349 g/mol. The summed E-state index contributed by atoms with van der Waals surface area (Å²) in [5.74, 6) is 0. The van der Waals surface area contributed by atoms with Crippen LogP contribution in [0.25, 0.3) is 0 Å². The number of ether oxygens (including phenoxy) is 1. The Morgan fingerprint density at radius 3 is 2.84 bits per heavy atom. The number of piperidine rings is 1. The summed E-state index contributed by atoms with van der Waals surface area (Å²) in [6, 6.07) is 2.30. The molecule has 0 amide bonds. The maximum Gasteiger partial charge on any atom is 0.268 e. The van der Waals surface area contributed by atoms with Gasteiger partial charge in [-0.25, -0.2) is 4.68 Å². The molecule has 1 aromatic heterocycles. The van der Waals surface area contributed by atoms with Gasteiger partial charge in [0.2, 0.25) is 0 Å². The molecule has 2 aliphatic rings. The van der Waals surface area contributed by atoms with E-state index in [9.17, 15) is 4.79 Å². The largest absolute Gasteiger partial charge is 0.374 e. The zero-order chi connectivity index (χ0) is 17.6. The van der Waals surface area contributed by atoms with Crippen molar-refractivity contribution in [1.29, 1.82) is 0 Å². The van der Waals surface area contributed by atoms with Gasteiger partial charge in [-0.05, 0) is 45.4 Å². The van der Waals surface area contributed by atoms with Crippen LogP contribution in [0.15, 0.2) is 17.1 Å². The molecule has 25 heavy (non-hydrogen) atoms. The first-order chi connectivity index (χ1) is 12.2. The highest BCUT2D eigenvalue weighted by Crippen LogP contribution is 2.16. The number of nitrogens with zero attached hydrogens (tertiary/aromatic N) is 4. The van der Waals surface area contributed by atoms with Gasteiger partial charge in [-0.15, -0.1) is 0 Å². The quantitative estimate of drug-likeness (QED) is 0.805. The maximum atomic E-state index is 11.8. The van der Waals surface area contributed by atoms with Gasteiger partial charge < -0.3 is 19.9 Å². The Morgan fingerprint density at radius 1 is 1.32 bits per heavy atom. The summed E-state index contributed by atoms with van der Waals surface area (Å²) >= 11 is 0. The van der Waals surface area contributed by atoms with E-state index < -0.39 is 0 Å². The highest BCUT2D eigenvalue weighted by molar-refractivity contribution is 5.43. The van der Waals surface area contributed by atoms with Crippen LogP contribution in [0.5, 0.6) is 0 Å². The van der Waals surface area contributed by atoms with Gasteiger partial charge in [0, 0.05) is 32.2 Å². The molecule has 7 heteroatoms. The SMILES string of the molecule is CCN1CCC(NCCC2CN(c3cnn(C)c(=O)c3)CCO2)CC1. The molecule has 2 saturated heterocycles. The fourth-order valence-corrected chi connectivity index (χ4v) is 3.66. The van der Waals surface area contributed by atoms with Crippen LogP contribution in [-0.2, 0) is 11.8 Å². The van der Waals surface area contributed by atoms with Gasteiger partial charge in [-0.1, -0.05) is 6.92 Å². The number of hydrogen-bond acceptors (Lipinski definition) is 6. The van der Waals surface area contributed by atoms with Gasteiger partial charge in [0.15, 0.2) is 0 Å². The average molecular weight is 349 g/mol. The van der Waals surface area contributed by atoms with Crippen molar-refractivity contribution in [2.75, 3.05) is 50.8 Å². The molecule has 0 spiro atoms. The molecule has 2 aliphatic heterocycles. The van der Waals surface area contributed by atoms with Gasteiger partial charge in [0.05, 0.1) is 24.6 Å². The van der Waals surface area contributed by atoms with Crippen LogP contribution in [-0.4, -0.2) is 72.7 Å². The molecular formula is C18H31N5O2. The lowest BCUT2D eigenvalue weighted by Gasteiger charge is -2.35. The van der Waals surface area contributed by atoms with Crippen molar-refractivity contribution in [1.82, 2.24) is 20.0 Å². The zero-order valence-electron chi connectivity index (χ0n) is 15.5. The summed E-state index contributed by atoms with van der Waals surface area (Å²) in [5, 5.41) is 7.81. The molecule has 0 saturated carbocycles. The van der Waals surface area contributed by atoms with Crippen molar-refractivity contribution in [3.05, 3.63) is 22.6 Å². The van der Waals surface area contributed by atoms with E-state index in [1.807, 2.05) is 0 Å². The molecule has 2 fully saturated rings. The summed E-state index contributed by atoms with van der Waals surface area (Å²) < 4.78 is 7.27. The molecule has 1 N–H and O–H groups in total. The molecule has 7 nitrogen and oxygen atoms in total. The number of rotatable bonds is 6. The zero-order valence-corrected chi connectivity index (χ0v) is 15.5. The van der Waals surface area contributed by atoms with E-state index in [4.69, 9.17) is 4.74 Å². The van der Waals surface area contributed by atoms with Gasteiger partial charge in [-0.2, -0.15) is 5.10 Å². The van der Waals surface area contributed by atoms with Crippen LogP contribution in [0.4, 0.5) is 5.69 Å². The topological polar surface area (TPSA) is 62.6 Å². The summed E-state index contributed by atoms with van der Waals surface area (Å²) in [6.45, 7) is 9.14. The van der Waals surface area contributed by atoms with Gasteiger partial charge in [0.1, 0.15) is 0 Å². The number of likely N-dealkylation sites (tertiary alicyclic amines) is 1. The Hall–Kier alpha value is -1.44. The minimum absolute atomic E-state index is 0.0689. The van der Waals surface area contributed by atoms with Crippen LogP contribution in [0.3, 0.4) is 0 Å². The molecule has 1 aromatic rings. The van der Waals surface area contributed by atoms with Crippen LogP contribution >= 0.6 is 0 Å². The van der Waals surface area contributed by atoms with Crippen molar-refractivity contribution in [2.24, 2.45) is 7.05 Å². The first-order valence-electron chi connectivity index (χ1n) is 9.51. The molecule has 1 atom stereocenters. The van der Waals surface area contributed by atoms with Crippen LogP contribution < -0.4 is 15.8 Å². The third kappa shape index (κ3) is 5.03. The van der Waals surface area contributed by atoms with Crippen LogP contribution in [0.1, 0.15) is 26.2 Å². The molecule has 140 valence electrons. The minimum atomic E-state index is -0.0689. The fraction of sp³-hybridized carbons (Fsp3) is 0.778. The Balaban J connectivity index is 1.43. The molecule has 0 aromatic carbocycles. The molecule has 0 aliphatic carbocycles. The normalized spacial score (nSPS) is 23.1. The predicted molar refractivity (Wildman–Crippen MR) is 99.2 cm³/mol. The molecular weight excluding hydrogens is 318 g/mol. The molecule has 1 unspecified atom stereocenters. The predicted octanol–water partition coefficient (Wildman–Crippen LogP) is 0.450. The lowest BCUT2D eigenvalue weighted by Crippen LogP contribution is -2.46. The molecule has 0 radical (unpaired) electrons. The van der Waals surface area contributed by atoms with E-state index in [2.05, 4.69) is 27.1 Å². The lowest BCUT2D eigenvalue weighted by atomic mass is 10.0. The highest BCUT2D eigenvalue weighted by Gasteiger charge is 2.22. The first kappa shape index (κ1) is 18.4. The second-order valence-corrected chi connectivity index (χ2v) is 7.07. The van der Waals surface area contributed by atoms with Crippen molar-refractivity contribution in [2.45, 2.75) is 38.3 Å². The third-order valence-corrected chi connectivity index (χ3v) is 5.39. The Kier molecular flexibility index (Phi) is 6.45. The number of hydrogen-bond donors (Lipinski definition) is 1. The second-order valence-electron chi connectivity index (χ2n) is 7.07. The Bertz CT molecular complexity index is 597. The van der Waals surface area contributed by atoms with Crippen LogP contribution in [0.2, 0.25) is 0 Å². The second kappa shape index (κ2) is 8.78. The number of nitrogens with one attached hydrogen (secondary N) is 1. The smallest absolute Gasteiger partial charge is 0.268 e. The van der Waals surface area contributed by atoms with Crippen molar-refractivity contribution < 1.29 is 4.74 Å². The lowest BCUT2D eigenvalue weighted by molar-refractivity contribution is 0.0345. The van der Waals surface area contributed by atoms with Crippen molar-refractivity contribution in [3.8, 4) is 0 Å². The molecule has 3 rings (SSSR count). The number of anilines is 1. The van der Waals surface area contributed by atoms with E-state index in [1.165, 1.54) is 30.6 Å². The van der Waals surface area contributed by atoms with Gasteiger partial charge in [0.25, 0.3) is 5.56 Å².